The van der Waals surface area contributed by atoms with Gasteiger partial charge in [0.05, 0.1) is 0 Å². The van der Waals surface area contributed by atoms with Gasteiger partial charge in [0.25, 0.3) is 0 Å². The minimum absolute atomic E-state index is 0.540. The third-order valence-corrected chi connectivity index (χ3v) is 4.49. The third kappa shape index (κ3) is 5.33. The number of nitrogens with two attached hydrogens (primary N) is 1. The lowest BCUT2D eigenvalue weighted by Crippen LogP contribution is -2.29. The van der Waals surface area contributed by atoms with Crippen LogP contribution in [0, 0.1) is 5.92 Å². The zero-order chi connectivity index (χ0) is 14.9. The van der Waals surface area contributed by atoms with E-state index in [1.165, 1.54) is 45.2 Å². The molecule has 0 saturated carbocycles. The van der Waals surface area contributed by atoms with Crippen LogP contribution in [0.2, 0.25) is 0 Å². The quantitative estimate of drug-likeness (QED) is 0.836. The second-order valence-corrected chi connectivity index (χ2v) is 6.09. The Morgan fingerprint density at radius 1 is 1.24 bits per heavy atom. The summed E-state index contributed by atoms with van der Waals surface area (Å²) >= 11 is 0. The number of hydrogen-bond acceptors (Lipinski definition) is 3. The molecule has 118 valence electrons. The normalized spacial score (nSPS) is 20.2. The summed E-state index contributed by atoms with van der Waals surface area (Å²) in [6.07, 6.45) is 6.82. The summed E-state index contributed by atoms with van der Waals surface area (Å²) in [5, 5.41) is 0. The summed E-state index contributed by atoms with van der Waals surface area (Å²) in [5.41, 5.74) is 6.83. The zero-order valence-electron chi connectivity index (χ0n) is 13.4. The SMILES string of the molecule is CCCC1CCCN(CCOc2ccccc2CN)CC1. The second-order valence-electron chi connectivity index (χ2n) is 6.09. The molecule has 21 heavy (non-hydrogen) atoms. The molecule has 2 N–H and O–H groups in total. The largest absolute Gasteiger partial charge is 0.492 e. The maximum absolute atomic E-state index is 5.92. The van der Waals surface area contributed by atoms with E-state index < -0.39 is 0 Å². The number of hydrogen-bond donors (Lipinski definition) is 1. The van der Waals surface area contributed by atoms with Gasteiger partial charge in [0.15, 0.2) is 0 Å². The van der Waals surface area contributed by atoms with Crippen molar-refractivity contribution in [2.75, 3.05) is 26.2 Å². The van der Waals surface area contributed by atoms with Crippen LogP contribution in [-0.2, 0) is 6.54 Å². The van der Waals surface area contributed by atoms with Crippen molar-refractivity contribution in [3.8, 4) is 5.75 Å². The van der Waals surface area contributed by atoms with E-state index in [1.54, 1.807) is 0 Å². The van der Waals surface area contributed by atoms with Gasteiger partial charge in [-0.05, 0) is 44.3 Å². The number of nitrogens with zero attached hydrogens (tertiary/aromatic N) is 1. The van der Waals surface area contributed by atoms with Crippen molar-refractivity contribution >= 4 is 0 Å². The van der Waals surface area contributed by atoms with Crippen molar-refractivity contribution in [2.45, 2.75) is 45.6 Å². The Balaban J connectivity index is 1.73. The van der Waals surface area contributed by atoms with Crippen molar-refractivity contribution in [2.24, 2.45) is 11.7 Å². The minimum atomic E-state index is 0.540. The Labute approximate surface area is 129 Å². The van der Waals surface area contributed by atoms with Crippen molar-refractivity contribution < 1.29 is 4.74 Å². The predicted molar refractivity (Wildman–Crippen MR) is 88.5 cm³/mol. The first kappa shape index (κ1) is 16.3. The Bertz CT molecular complexity index is 408. The molecule has 1 fully saturated rings. The molecule has 1 unspecified atom stereocenters. The van der Waals surface area contributed by atoms with E-state index in [0.717, 1.165) is 30.4 Å². The molecule has 2 rings (SSSR count). The summed E-state index contributed by atoms with van der Waals surface area (Å²) in [7, 11) is 0. The van der Waals surface area contributed by atoms with Gasteiger partial charge in [-0.15, -0.1) is 0 Å². The van der Waals surface area contributed by atoms with Gasteiger partial charge in [-0.3, -0.25) is 4.90 Å². The first-order valence-electron chi connectivity index (χ1n) is 8.46. The maximum Gasteiger partial charge on any atom is 0.123 e. The highest BCUT2D eigenvalue weighted by Crippen LogP contribution is 2.22. The van der Waals surface area contributed by atoms with Gasteiger partial charge in [-0.2, -0.15) is 0 Å². The molecule has 1 heterocycles. The fraction of sp³-hybridized carbons (Fsp3) is 0.667. The molecule has 3 nitrogen and oxygen atoms in total. The number of para-hydroxylation sites is 1. The van der Waals surface area contributed by atoms with Crippen molar-refractivity contribution in [3.63, 3.8) is 0 Å². The van der Waals surface area contributed by atoms with Gasteiger partial charge in [0.1, 0.15) is 12.4 Å². The lowest BCUT2D eigenvalue weighted by molar-refractivity contribution is 0.211. The molecule has 1 saturated heterocycles. The summed E-state index contributed by atoms with van der Waals surface area (Å²) in [4.78, 5) is 2.56. The lowest BCUT2D eigenvalue weighted by atomic mass is 9.96. The van der Waals surface area contributed by atoms with Crippen LogP contribution in [0.3, 0.4) is 0 Å². The van der Waals surface area contributed by atoms with Crippen LogP contribution in [-0.4, -0.2) is 31.1 Å². The van der Waals surface area contributed by atoms with E-state index in [0.29, 0.717) is 6.54 Å². The van der Waals surface area contributed by atoms with E-state index >= 15 is 0 Å². The molecule has 1 aliphatic heterocycles. The fourth-order valence-corrected chi connectivity index (χ4v) is 3.24. The molecular weight excluding hydrogens is 260 g/mol. The smallest absolute Gasteiger partial charge is 0.123 e. The van der Waals surface area contributed by atoms with Crippen LogP contribution < -0.4 is 10.5 Å². The summed E-state index contributed by atoms with van der Waals surface area (Å²) in [5.74, 6) is 1.89. The molecule has 1 aromatic carbocycles. The standard InChI is InChI=1S/C18H30N2O/c1-2-6-16-7-5-11-20(12-10-16)13-14-21-18-9-4-3-8-17(18)15-19/h3-4,8-9,16H,2,5-7,10-15,19H2,1H3. The number of rotatable bonds is 7. The average molecular weight is 290 g/mol. The van der Waals surface area contributed by atoms with Gasteiger partial charge < -0.3 is 10.5 Å². The van der Waals surface area contributed by atoms with Crippen molar-refractivity contribution in [1.29, 1.82) is 0 Å². The van der Waals surface area contributed by atoms with Gasteiger partial charge in [-0.1, -0.05) is 38.0 Å². The molecular formula is C18H30N2O. The minimum Gasteiger partial charge on any atom is -0.492 e. The van der Waals surface area contributed by atoms with Crippen molar-refractivity contribution in [3.05, 3.63) is 29.8 Å². The Hall–Kier alpha value is -1.06. The molecule has 0 spiro atoms. The monoisotopic (exact) mass is 290 g/mol. The molecule has 3 heteroatoms. The van der Waals surface area contributed by atoms with Crippen LogP contribution in [0.5, 0.6) is 5.75 Å². The first-order valence-corrected chi connectivity index (χ1v) is 8.46. The molecule has 1 aliphatic rings. The Kier molecular flexibility index (Phi) is 7.04. The summed E-state index contributed by atoms with van der Waals surface area (Å²) < 4.78 is 5.92. The van der Waals surface area contributed by atoms with Crippen LogP contribution >= 0.6 is 0 Å². The van der Waals surface area contributed by atoms with Crippen LogP contribution in [0.25, 0.3) is 0 Å². The summed E-state index contributed by atoms with van der Waals surface area (Å²) in [6, 6.07) is 8.08. The number of likely N-dealkylation sites (tertiary alicyclic amines) is 1. The molecule has 0 bridgehead atoms. The number of benzene rings is 1. The lowest BCUT2D eigenvalue weighted by Gasteiger charge is -2.20. The van der Waals surface area contributed by atoms with Crippen LogP contribution in [0.4, 0.5) is 0 Å². The highest BCUT2D eigenvalue weighted by molar-refractivity contribution is 5.32. The van der Waals surface area contributed by atoms with E-state index in [2.05, 4.69) is 11.8 Å². The topological polar surface area (TPSA) is 38.5 Å². The Morgan fingerprint density at radius 3 is 2.90 bits per heavy atom. The van der Waals surface area contributed by atoms with Gasteiger partial charge in [-0.25, -0.2) is 0 Å². The molecule has 1 atom stereocenters. The Morgan fingerprint density at radius 2 is 2.10 bits per heavy atom. The molecule has 0 amide bonds. The van der Waals surface area contributed by atoms with Gasteiger partial charge in [0.2, 0.25) is 0 Å². The fourth-order valence-electron chi connectivity index (χ4n) is 3.24. The zero-order valence-corrected chi connectivity index (χ0v) is 13.4. The average Bonchev–Trinajstić information content (AvgIpc) is 2.74. The van der Waals surface area contributed by atoms with E-state index in [9.17, 15) is 0 Å². The molecule has 0 aromatic heterocycles. The van der Waals surface area contributed by atoms with E-state index in [1.807, 2.05) is 24.3 Å². The first-order chi connectivity index (χ1) is 10.3. The van der Waals surface area contributed by atoms with Crippen molar-refractivity contribution in [1.82, 2.24) is 4.90 Å². The third-order valence-electron chi connectivity index (χ3n) is 4.49. The molecule has 0 aliphatic carbocycles. The highest BCUT2D eigenvalue weighted by Gasteiger charge is 2.16. The maximum atomic E-state index is 5.92. The molecule has 0 radical (unpaired) electrons. The second kappa shape index (κ2) is 9.06. The van der Waals surface area contributed by atoms with Gasteiger partial charge in [0, 0.05) is 18.7 Å². The molecule has 1 aromatic rings. The highest BCUT2D eigenvalue weighted by atomic mass is 16.5. The number of ether oxygens (including phenoxy) is 1. The summed E-state index contributed by atoms with van der Waals surface area (Å²) in [6.45, 7) is 7.08. The predicted octanol–water partition coefficient (Wildman–Crippen LogP) is 3.43. The van der Waals surface area contributed by atoms with E-state index in [4.69, 9.17) is 10.5 Å². The van der Waals surface area contributed by atoms with E-state index in [-0.39, 0.29) is 0 Å². The van der Waals surface area contributed by atoms with Crippen LogP contribution in [0.15, 0.2) is 24.3 Å². The van der Waals surface area contributed by atoms with Crippen LogP contribution in [0.1, 0.15) is 44.6 Å². The van der Waals surface area contributed by atoms with Gasteiger partial charge >= 0.3 is 0 Å².